The molecule has 1 amide bonds. The summed E-state index contributed by atoms with van der Waals surface area (Å²) in [6.07, 6.45) is 3.84. The Kier molecular flexibility index (Phi) is 6.31. The predicted octanol–water partition coefficient (Wildman–Crippen LogP) is 1.51. The second kappa shape index (κ2) is 7.50. The molecule has 1 aliphatic rings. The topological polar surface area (TPSA) is 67.2 Å². The van der Waals surface area contributed by atoms with Crippen molar-refractivity contribution in [2.45, 2.75) is 45.6 Å². The highest BCUT2D eigenvalue weighted by Gasteiger charge is 2.15. The zero-order valence-electron chi connectivity index (χ0n) is 11.5. The van der Waals surface area contributed by atoms with Gasteiger partial charge < -0.3 is 15.2 Å². The first-order valence-corrected chi connectivity index (χ1v) is 6.58. The van der Waals surface area contributed by atoms with Gasteiger partial charge in [0.25, 0.3) is 0 Å². The SMILES string of the molecule is Cc1noc(C)c1CC(=O)NCC[C@H]1CCCN1.Cl. The van der Waals surface area contributed by atoms with Crippen LogP contribution in [-0.2, 0) is 11.2 Å². The minimum absolute atomic E-state index is 0. The number of rotatable bonds is 5. The first-order chi connectivity index (χ1) is 8.66. The Balaban J connectivity index is 0.00000180. The minimum Gasteiger partial charge on any atom is -0.361 e. The number of nitrogens with zero attached hydrogens (tertiary/aromatic N) is 1. The van der Waals surface area contributed by atoms with E-state index < -0.39 is 0 Å². The third-order valence-corrected chi connectivity index (χ3v) is 3.50. The molecule has 1 fully saturated rings. The van der Waals surface area contributed by atoms with Gasteiger partial charge in [0.05, 0.1) is 12.1 Å². The molecular weight excluding hydrogens is 266 g/mol. The largest absolute Gasteiger partial charge is 0.361 e. The Morgan fingerprint density at radius 2 is 2.32 bits per heavy atom. The quantitative estimate of drug-likeness (QED) is 0.861. The number of carbonyl (C=O) groups is 1. The molecule has 2 heterocycles. The van der Waals surface area contributed by atoms with Crippen molar-refractivity contribution in [1.82, 2.24) is 15.8 Å². The van der Waals surface area contributed by atoms with Crippen molar-refractivity contribution >= 4 is 18.3 Å². The summed E-state index contributed by atoms with van der Waals surface area (Å²) >= 11 is 0. The second-order valence-corrected chi connectivity index (χ2v) is 4.91. The monoisotopic (exact) mass is 287 g/mol. The second-order valence-electron chi connectivity index (χ2n) is 4.91. The number of nitrogens with one attached hydrogen (secondary N) is 2. The van der Waals surface area contributed by atoms with Crippen molar-refractivity contribution in [3.8, 4) is 0 Å². The van der Waals surface area contributed by atoms with E-state index in [9.17, 15) is 4.79 Å². The predicted molar refractivity (Wildman–Crippen MR) is 75.6 cm³/mol. The van der Waals surface area contributed by atoms with Gasteiger partial charge in [-0.1, -0.05) is 5.16 Å². The van der Waals surface area contributed by atoms with Crippen LogP contribution in [0.15, 0.2) is 4.52 Å². The molecule has 1 saturated heterocycles. The number of amides is 1. The van der Waals surface area contributed by atoms with Crippen LogP contribution >= 0.6 is 12.4 Å². The molecule has 6 heteroatoms. The molecule has 0 unspecified atom stereocenters. The van der Waals surface area contributed by atoms with E-state index in [-0.39, 0.29) is 18.3 Å². The van der Waals surface area contributed by atoms with E-state index in [1.165, 1.54) is 12.8 Å². The summed E-state index contributed by atoms with van der Waals surface area (Å²) in [5.41, 5.74) is 1.71. The molecule has 2 rings (SSSR count). The standard InChI is InChI=1S/C13H21N3O2.ClH/c1-9-12(10(2)18-16-9)8-13(17)15-7-5-11-4-3-6-14-11;/h11,14H,3-8H2,1-2H3,(H,15,17);1H/t11-;/m1./s1. The first kappa shape index (κ1) is 16.0. The summed E-state index contributed by atoms with van der Waals surface area (Å²) in [6, 6.07) is 0.573. The molecule has 0 saturated carbocycles. The van der Waals surface area contributed by atoms with Crippen LogP contribution < -0.4 is 10.6 Å². The Morgan fingerprint density at radius 1 is 1.53 bits per heavy atom. The molecule has 0 spiro atoms. The first-order valence-electron chi connectivity index (χ1n) is 6.58. The zero-order chi connectivity index (χ0) is 13.0. The highest BCUT2D eigenvalue weighted by atomic mass is 35.5. The number of hydrogen-bond acceptors (Lipinski definition) is 4. The molecule has 19 heavy (non-hydrogen) atoms. The maximum atomic E-state index is 11.8. The van der Waals surface area contributed by atoms with Crippen molar-refractivity contribution in [1.29, 1.82) is 0 Å². The molecule has 2 N–H and O–H groups in total. The van der Waals surface area contributed by atoms with Crippen LogP contribution in [-0.4, -0.2) is 30.2 Å². The summed E-state index contributed by atoms with van der Waals surface area (Å²) in [5, 5.41) is 10.2. The van der Waals surface area contributed by atoms with E-state index in [0.29, 0.717) is 12.5 Å². The fourth-order valence-corrected chi connectivity index (χ4v) is 2.37. The van der Waals surface area contributed by atoms with E-state index >= 15 is 0 Å². The fourth-order valence-electron chi connectivity index (χ4n) is 2.37. The number of carbonyl (C=O) groups excluding carboxylic acids is 1. The van der Waals surface area contributed by atoms with E-state index in [0.717, 1.165) is 36.5 Å². The number of aryl methyl sites for hydroxylation is 2. The van der Waals surface area contributed by atoms with Crippen LogP contribution in [0.25, 0.3) is 0 Å². The molecule has 0 aliphatic carbocycles. The Hall–Kier alpha value is -1.07. The van der Waals surface area contributed by atoms with Crippen LogP contribution in [0.1, 0.15) is 36.3 Å². The number of hydrogen-bond donors (Lipinski definition) is 2. The van der Waals surface area contributed by atoms with Crippen LogP contribution in [0.4, 0.5) is 0 Å². The molecule has 1 aromatic rings. The maximum absolute atomic E-state index is 11.8. The Bertz CT molecular complexity index is 395. The number of aromatic nitrogens is 1. The van der Waals surface area contributed by atoms with Crippen LogP contribution in [0.2, 0.25) is 0 Å². The molecular formula is C13H22ClN3O2. The van der Waals surface area contributed by atoms with Gasteiger partial charge in [-0.25, -0.2) is 0 Å². The van der Waals surface area contributed by atoms with Gasteiger partial charge in [-0.05, 0) is 39.7 Å². The van der Waals surface area contributed by atoms with Crippen molar-refractivity contribution in [2.24, 2.45) is 0 Å². The molecule has 0 aromatic carbocycles. The fraction of sp³-hybridized carbons (Fsp3) is 0.692. The average Bonchev–Trinajstić information content (AvgIpc) is 2.94. The number of halogens is 1. The van der Waals surface area contributed by atoms with Gasteiger partial charge in [0.1, 0.15) is 5.76 Å². The zero-order valence-corrected chi connectivity index (χ0v) is 12.3. The van der Waals surface area contributed by atoms with Crippen LogP contribution in [0, 0.1) is 13.8 Å². The van der Waals surface area contributed by atoms with Gasteiger partial charge in [-0.15, -0.1) is 12.4 Å². The van der Waals surface area contributed by atoms with Gasteiger partial charge in [-0.2, -0.15) is 0 Å². The van der Waals surface area contributed by atoms with Gasteiger partial charge in [0, 0.05) is 18.2 Å². The van der Waals surface area contributed by atoms with E-state index in [4.69, 9.17) is 4.52 Å². The summed E-state index contributed by atoms with van der Waals surface area (Å²) < 4.78 is 5.04. The van der Waals surface area contributed by atoms with Crippen LogP contribution in [0.3, 0.4) is 0 Å². The molecule has 5 nitrogen and oxygen atoms in total. The van der Waals surface area contributed by atoms with Crippen molar-refractivity contribution in [3.63, 3.8) is 0 Å². The molecule has 0 radical (unpaired) electrons. The van der Waals surface area contributed by atoms with Gasteiger partial charge >= 0.3 is 0 Å². The molecule has 108 valence electrons. The van der Waals surface area contributed by atoms with E-state index in [2.05, 4.69) is 15.8 Å². The maximum Gasteiger partial charge on any atom is 0.224 e. The third-order valence-electron chi connectivity index (χ3n) is 3.50. The van der Waals surface area contributed by atoms with Gasteiger partial charge in [0.15, 0.2) is 0 Å². The molecule has 0 bridgehead atoms. The smallest absolute Gasteiger partial charge is 0.224 e. The van der Waals surface area contributed by atoms with Crippen molar-refractivity contribution in [2.75, 3.05) is 13.1 Å². The lowest BCUT2D eigenvalue weighted by atomic mass is 10.1. The third kappa shape index (κ3) is 4.51. The summed E-state index contributed by atoms with van der Waals surface area (Å²) in [7, 11) is 0. The van der Waals surface area contributed by atoms with E-state index in [1.807, 2.05) is 13.8 Å². The van der Waals surface area contributed by atoms with Crippen molar-refractivity contribution in [3.05, 3.63) is 17.0 Å². The molecule has 1 aliphatic heterocycles. The lowest BCUT2D eigenvalue weighted by Gasteiger charge is -2.10. The van der Waals surface area contributed by atoms with Crippen LogP contribution in [0.5, 0.6) is 0 Å². The molecule has 1 aromatic heterocycles. The molecule has 1 atom stereocenters. The highest BCUT2D eigenvalue weighted by molar-refractivity contribution is 5.85. The normalized spacial score (nSPS) is 18.1. The highest BCUT2D eigenvalue weighted by Crippen LogP contribution is 2.12. The summed E-state index contributed by atoms with van der Waals surface area (Å²) in [5.74, 6) is 0.780. The summed E-state index contributed by atoms with van der Waals surface area (Å²) in [6.45, 7) is 5.55. The Labute approximate surface area is 119 Å². The van der Waals surface area contributed by atoms with Crippen molar-refractivity contribution < 1.29 is 9.32 Å². The average molecular weight is 288 g/mol. The lowest BCUT2D eigenvalue weighted by molar-refractivity contribution is -0.120. The lowest BCUT2D eigenvalue weighted by Crippen LogP contribution is -2.31. The van der Waals surface area contributed by atoms with Gasteiger partial charge in [-0.3, -0.25) is 4.79 Å². The summed E-state index contributed by atoms with van der Waals surface area (Å²) in [4.78, 5) is 11.8. The Morgan fingerprint density at radius 3 is 2.89 bits per heavy atom. The minimum atomic E-state index is 0. The van der Waals surface area contributed by atoms with Gasteiger partial charge in [0.2, 0.25) is 5.91 Å². The van der Waals surface area contributed by atoms with E-state index in [1.54, 1.807) is 0 Å².